The van der Waals surface area contributed by atoms with Crippen LogP contribution in [0.2, 0.25) is 0 Å². The summed E-state index contributed by atoms with van der Waals surface area (Å²) in [6.07, 6.45) is 6.88. The van der Waals surface area contributed by atoms with E-state index in [9.17, 15) is 0 Å². The van der Waals surface area contributed by atoms with E-state index in [1.807, 2.05) is 31.5 Å². The normalized spacial score (nSPS) is 10.5. The van der Waals surface area contributed by atoms with Crippen molar-refractivity contribution in [3.63, 3.8) is 0 Å². The molecule has 2 nitrogen and oxygen atoms in total. The van der Waals surface area contributed by atoms with E-state index < -0.39 is 0 Å². The van der Waals surface area contributed by atoms with Crippen molar-refractivity contribution in [1.29, 1.82) is 0 Å². The highest BCUT2D eigenvalue weighted by Crippen LogP contribution is 2.04. The Kier molecular flexibility index (Phi) is 3.33. The largest absolute Gasteiger partial charge is 0.361 e. The summed E-state index contributed by atoms with van der Waals surface area (Å²) >= 11 is 0. The number of hydrogen-bond acceptors (Lipinski definition) is 2. The molecular formula is C10H14N2. The minimum absolute atomic E-state index is 1.03. The van der Waals surface area contributed by atoms with Crippen LogP contribution in [0.3, 0.4) is 0 Å². The quantitative estimate of drug-likeness (QED) is 0.739. The molecule has 0 spiro atoms. The average Bonchev–Trinajstić information content (AvgIpc) is 2.09. The monoisotopic (exact) mass is 162 g/mol. The van der Waals surface area contributed by atoms with Gasteiger partial charge in [-0.15, -0.1) is 0 Å². The van der Waals surface area contributed by atoms with Crippen molar-refractivity contribution in [1.82, 2.24) is 4.98 Å². The van der Waals surface area contributed by atoms with Crippen LogP contribution in [0.1, 0.15) is 19.0 Å². The van der Waals surface area contributed by atoms with Crippen molar-refractivity contribution in [2.75, 3.05) is 5.32 Å². The fraction of sp³-hybridized carbons (Fsp3) is 0.300. The number of nitrogens with one attached hydrogen (secondary N) is 1. The fourth-order valence-electron chi connectivity index (χ4n) is 0.826. The molecule has 0 aliphatic carbocycles. The van der Waals surface area contributed by atoms with Crippen LogP contribution in [-0.2, 0) is 0 Å². The zero-order chi connectivity index (χ0) is 8.81. The van der Waals surface area contributed by atoms with E-state index in [4.69, 9.17) is 0 Å². The SMILES string of the molecule is CC/C=C/Nc1ccc(C)nc1. The van der Waals surface area contributed by atoms with Gasteiger partial charge in [-0.3, -0.25) is 4.98 Å². The molecule has 0 unspecified atom stereocenters. The van der Waals surface area contributed by atoms with Crippen LogP contribution in [0, 0.1) is 6.92 Å². The van der Waals surface area contributed by atoms with Gasteiger partial charge in [0.25, 0.3) is 0 Å². The molecule has 1 heterocycles. The highest BCUT2D eigenvalue weighted by Gasteiger charge is 1.87. The maximum Gasteiger partial charge on any atom is 0.0566 e. The van der Waals surface area contributed by atoms with E-state index in [0.29, 0.717) is 0 Å². The third kappa shape index (κ3) is 2.74. The smallest absolute Gasteiger partial charge is 0.0566 e. The van der Waals surface area contributed by atoms with Gasteiger partial charge in [0.1, 0.15) is 0 Å². The first-order valence-corrected chi connectivity index (χ1v) is 4.17. The first kappa shape index (κ1) is 8.78. The van der Waals surface area contributed by atoms with Crippen molar-refractivity contribution in [3.05, 3.63) is 36.3 Å². The third-order valence-corrected chi connectivity index (χ3v) is 1.51. The third-order valence-electron chi connectivity index (χ3n) is 1.51. The van der Waals surface area contributed by atoms with Crippen molar-refractivity contribution in [2.45, 2.75) is 20.3 Å². The Bertz CT molecular complexity index is 249. The molecule has 0 aromatic carbocycles. The number of rotatable bonds is 3. The lowest BCUT2D eigenvalue weighted by molar-refractivity contribution is 1.19. The summed E-state index contributed by atoms with van der Waals surface area (Å²) in [6, 6.07) is 4.00. The van der Waals surface area contributed by atoms with Crippen molar-refractivity contribution in [3.8, 4) is 0 Å². The summed E-state index contributed by atoms with van der Waals surface area (Å²) in [5.41, 5.74) is 2.07. The summed E-state index contributed by atoms with van der Waals surface area (Å²) in [7, 11) is 0. The Morgan fingerprint density at radius 1 is 1.50 bits per heavy atom. The number of aryl methyl sites for hydroxylation is 1. The lowest BCUT2D eigenvalue weighted by Gasteiger charge is -1.98. The molecule has 0 aliphatic rings. The van der Waals surface area contributed by atoms with Crippen LogP contribution in [0.5, 0.6) is 0 Å². The molecule has 0 atom stereocenters. The van der Waals surface area contributed by atoms with Gasteiger partial charge in [0.2, 0.25) is 0 Å². The van der Waals surface area contributed by atoms with Gasteiger partial charge in [0, 0.05) is 5.69 Å². The molecule has 0 saturated carbocycles. The Morgan fingerprint density at radius 3 is 2.92 bits per heavy atom. The van der Waals surface area contributed by atoms with E-state index in [1.54, 1.807) is 0 Å². The molecule has 1 aromatic rings. The zero-order valence-corrected chi connectivity index (χ0v) is 7.54. The van der Waals surface area contributed by atoms with Crippen molar-refractivity contribution in [2.24, 2.45) is 0 Å². The first-order chi connectivity index (χ1) is 5.83. The van der Waals surface area contributed by atoms with Crippen LogP contribution >= 0.6 is 0 Å². The number of aromatic nitrogens is 1. The molecule has 0 aliphatic heterocycles. The highest BCUT2D eigenvalue weighted by atomic mass is 14.9. The number of nitrogens with zero attached hydrogens (tertiary/aromatic N) is 1. The maximum absolute atomic E-state index is 4.16. The molecule has 0 bridgehead atoms. The van der Waals surface area contributed by atoms with E-state index in [0.717, 1.165) is 17.8 Å². The van der Waals surface area contributed by atoms with Crippen molar-refractivity contribution < 1.29 is 0 Å². The highest BCUT2D eigenvalue weighted by molar-refractivity contribution is 5.43. The Morgan fingerprint density at radius 2 is 2.33 bits per heavy atom. The van der Waals surface area contributed by atoms with Gasteiger partial charge < -0.3 is 5.32 Å². The number of hydrogen-bond donors (Lipinski definition) is 1. The molecule has 64 valence electrons. The van der Waals surface area contributed by atoms with E-state index in [2.05, 4.69) is 23.3 Å². The van der Waals surface area contributed by atoms with Gasteiger partial charge >= 0.3 is 0 Å². The predicted octanol–water partition coefficient (Wildman–Crippen LogP) is 2.73. The fourth-order valence-corrected chi connectivity index (χ4v) is 0.826. The summed E-state index contributed by atoms with van der Waals surface area (Å²) in [5, 5.41) is 3.13. The van der Waals surface area contributed by atoms with Crippen LogP contribution in [0.25, 0.3) is 0 Å². The molecule has 0 saturated heterocycles. The summed E-state index contributed by atoms with van der Waals surface area (Å²) in [4.78, 5) is 4.16. The topological polar surface area (TPSA) is 24.9 Å². The van der Waals surface area contributed by atoms with Gasteiger partial charge in [0.05, 0.1) is 11.9 Å². The molecule has 1 N–H and O–H groups in total. The minimum atomic E-state index is 1.03. The Hall–Kier alpha value is -1.31. The van der Waals surface area contributed by atoms with Crippen molar-refractivity contribution >= 4 is 5.69 Å². The van der Waals surface area contributed by atoms with Gasteiger partial charge in [0.15, 0.2) is 0 Å². The Labute approximate surface area is 73.3 Å². The average molecular weight is 162 g/mol. The minimum Gasteiger partial charge on any atom is -0.361 e. The van der Waals surface area contributed by atoms with Gasteiger partial charge in [-0.2, -0.15) is 0 Å². The molecule has 12 heavy (non-hydrogen) atoms. The maximum atomic E-state index is 4.16. The molecular weight excluding hydrogens is 148 g/mol. The predicted molar refractivity (Wildman–Crippen MR) is 52.0 cm³/mol. The van der Waals surface area contributed by atoms with E-state index in [1.165, 1.54) is 0 Å². The van der Waals surface area contributed by atoms with Crippen LogP contribution < -0.4 is 5.32 Å². The second-order valence-electron chi connectivity index (χ2n) is 2.64. The number of anilines is 1. The number of pyridine rings is 1. The Balaban J connectivity index is 2.53. The standard InChI is InChI=1S/C10H14N2/c1-3-4-7-11-10-6-5-9(2)12-8-10/h4-8,11H,3H2,1-2H3/b7-4+. The molecule has 0 radical (unpaired) electrons. The van der Waals surface area contributed by atoms with E-state index >= 15 is 0 Å². The summed E-state index contributed by atoms with van der Waals surface area (Å²) < 4.78 is 0. The summed E-state index contributed by atoms with van der Waals surface area (Å²) in [5.74, 6) is 0. The molecule has 1 aromatic heterocycles. The molecule has 2 heteroatoms. The lowest BCUT2D eigenvalue weighted by Crippen LogP contribution is -1.88. The van der Waals surface area contributed by atoms with Gasteiger partial charge in [-0.1, -0.05) is 13.0 Å². The van der Waals surface area contributed by atoms with Crippen LogP contribution in [0.4, 0.5) is 5.69 Å². The molecule has 0 amide bonds. The summed E-state index contributed by atoms with van der Waals surface area (Å²) in [6.45, 7) is 4.08. The lowest BCUT2D eigenvalue weighted by atomic mass is 10.3. The number of allylic oxidation sites excluding steroid dienone is 1. The second-order valence-corrected chi connectivity index (χ2v) is 2.64. The molecule has 0 fully saturated rings. The van der Waals surface area contributed by atoms with Gasteiger partial charge in [-0.05, 0) is 31.7 Å². The second kappa shape index (κ2) is 4.54. The van der Waals surface area contributed by atoms with Crippen LogP contribution in [0.15, 0.2) is 30.6 Å². The first-order valence-electron chi connectivity index (χ1n) is 4.17. The molecule has 1 rings (SSSR count). The van der Waals surface area contributed by atoms with Crippen LogP contribution in [-0.4, -0.2) is 4.98 Å². The van der Waals surface area contributed by atoms with Gasteiger partial charge in [-0.25, -0.2) is 0 Å². The van der Waals surface area contributed by atoms with E-state index in [-0.39, 0.29) is 0 Å². The zero-order valence-electron chi connectivity index (χ0n) is 7.54.